The van der Waals surface area contributed by atoms with E-state index < -0.39 is 0 Å². The molecule has 0 bridgehead atoms. The highest BCUT2D eigenvalue weighted by molar-refractivity contribution is 5.74. The second-order valence-corrected chi connectivity index (χ2v) is 5.53. The van der Waals surface area contributed by atoms with E-state index in [-0.39, 0.29) is 6.03 Å². The Morgan fingerprint density at radius 3 is 2.29 bits per heavy atom. The quantitative estimate of drug-likeness (QED) is 0.749. The van der Waals surface area contributed by atoms with Gasteiger partial charge in [0.25, 0.3) is 0 Å². The van der Waals surface area contributed by atoms with E-state index in [4.69, 9.17) is 0 Å². The van der Waals surface area contributed by atoms with Crippen LogP contribution in [0.15, 0.2) is 0 Å². The second-order valence-electron chi connectivity index (χ2n) is 5.53. The number of rotatable bonds is 4. The summed E-state index contributed by atoms with van der Waals surface area (Å²) in [4.78, 5) is 18.1. The van der Waals surface area contributed by atoms with Crippen LogP contribution in [0.2, 0.25) is 0 Å². The van der Waals surface area contributed by atoms with Crippen LogP contribution in [0.25, 0.3) is 0 Å². The van der Waals surface area contributed by atoms with Crippen LogP contribution in [-0.2, 0) is 0 Å². The van der Waals surface area contributed by atoms with Gasteiger partial charge in [-0.1, -0.05) is 6.92 Å². The van der Waals surface area contributed by atoms with E-state index in [1.165, 1.54) is 0 Å². The fourth-order valence-corrected chi connectivity index (χ4v) is 2.16. The third-order valence-corrected chi connectivity index (χ3v) is 3.48. The topological polar surface area (TPSA) is 26.8 Å². The molecule has 4 nitrogen and oxygen atoms in total. The molecule has 1 saturated heterocycles. The van der Waals surface area contributed by atoms with E-state index in [0.717, 1.165) is 51.4 Å². The molecule has 0 spiro atoms. The minimum absolute atomic E-state index is 0.204. The van der Waals surface area contributed by atoms with Crippen molar-refractivity contribution in [1.29, 1.82) is 0 Å². The van der Waals surface area contributed by atoms with Gasteiger partial charge in [-0.15, -0.1) is 0 Å². The molecule has 0 N–H and O–H groups in total. The van der Waals surface area contributed by atoms with Gasteiger partial charge in [0.05, 0.1) is 0 Å². The van der Waals surface area contributed by atoms with E-state index in [1.807, 2.05) is 16.8 Å². The van der Waals surface area contributed by atoms with E-state index >= 15 is 0 Å². The largest absolute Gasteiger partial charge is 0.328 e. The predicted octanol–water partition coefficient (Wildman–Crippen LogP) is 1.72. The molecule has 1 aliphatic heterocycles. The van der Waals surface area contributed by atoms with Gasteiger partial charge in [0, 0.05) is 26.7 Å². The smallest absolute Gasteiger partial charge is 0.319 e. The number of hydrogen-bond acceptors (Lipinski definition) is 2. The van der Waals surface area contributed by atoms with Crippen molar-refractivity contribution < 1.29 is 4.79 Å². The van der Waals surface area contributed by atoms with Crippen molar-refractivity contribution in [3.05, 3.63) is 0 Å². The highest BCUT2D eigenvalue weighted by atomic mass is 16.2. The van der Waals surface area contributed by atoms with Crippen molar-refractivity contribution in [3.63, 3.8) is 0 Å². The van der Waals surface area contributed by atoms with Crippen molar-refractivity contribution in [2.45, 2.75) is 26.2 Å². The highest BCUT2D eigenvalue weighted by Crippen LogP contribution is 2.16. The average Bonchev–Trinajstić information content (AvgIpc) is 2.28. The highest BCUT2D eigenvalue weighted by Gasteiger charge is 2.22. The number of carbonyl (C=O) groups is 1. The maximum Gasteiger partial charge on any atom is 0.319 e. The third kappa shape index (κ3) is 4.94. The van der Waals surface area contributed by atoms with Crippen LogP contribution >= 0.6 is 0 Å². The Morgan fingerprint density at radius 1 is 1.18 bits per heavy atom. The second kappa shape index (κ2) is 6.84. The molecule has 0 aromatic heterocycles. The summed E-state index contributed by atoms with van der Waals surface area (Å²) in [6.07, 6.45) is 3.34. The molecule has 1 fully saturated rings. The number of piperidine rings is 1. The minimum Gasteiger partial charge on any atom is -0.328 e. The number of likely N-dealkylation sites (tertiary alicyclic amines) is 1. The number of hydrogen-bond donors (Lipinski definition) is 0. The van der Waals surface area contributed by atoms with E-state index in [2.05, 4.69) is 25.9 Å². The molecule has 1 aliphatic rings. The number of nitrogens with zero attached hydrogens (tertiary/aromatic N) is 3. The van der Waals surface area contributed by atoms with Gasteiger partial charge in [-0.25, -0.2) is 4.79 Å². The molecule has 100 valence electrons. The third-order valence-electron chi connectivity index (χ3n) is 3.48. The average molecular weight is 241 g/mol. The normalized spacial score (nSPS) is 17.6. The van der Waals surface area contributed by atoms with Gasteiger partial charge >= 0.3 is 6.03 Å². The first-order chi connectivity index (χ1) is 8.00. The van der Waals surface area contributed by atoms with Crippen molar-refractivity contribution in [2.24, 2.45) is 5.92 Å². The number of amides is 2. The Bertz CT molecular complexity index is 235. The Balaban J connectivity index is 2.26. The molecule has 2 amide bonds. The summed E-state index contributed by atoms with van der Waals surface area (Å²) in [5, 5.41) is 0. The van der Waals surface area contributed by atoms with Gasteiger partial charge in [-0.05, 0) is 45.8 Å². The maximum absolute atomic E-state index is 12.1. The summed E-state index contributed by atoms with van der Waals surface area (Å²) in [6, 6.07) is 0.204. The van der Waals surface area contributed by atoms with Crippen LogP contribution < -0.4 is 0 Å². The van der Waals surface area contributed by atoms with Crippen molar-refractivity contribution in [2.75, 3.05) is 47.3 Å². The standard InChI is InChI=1S/C13H27N3O/c1-12-6-10-16(11-7-12)13(17)15(4)9-5-8-14(2)3/h12H,5-11H2,1-4H3. The number of urea groups is 1. The van der Waals surface area contributed by atoms with Crippen LogP contribution in [0, 0.1) is 5.92 Å². The van der Waals surface area contributed by atoms with E-state index in [0.29, 0.717) is 0 Å². The number of carbonyl (C=O) groups excluding carboxylic acids is 1. The van der Waals surface area contributed by atoms with Gasteiger partial charge < -0.3 is 14.7 Å². The van der Waals surface area contributed by atoms with Gasteiger partial charge in [-0.3, -0.25) is 0 Å². The molecular weight excluding hydrogens is 214 g/mol. The lowest BCUT2D eigenvalue weighted by atomic mass is 10.00. The summed E-state index contributed by atoms with van der Waals surface area (Å²) in [5.74, 6) is 0.776. The molecule has 1 rings (SSSR count). The molecule has 0 atom stereocenters. The lowest BCUT2D eigenvalue weighted by molar-refractivity contribution is 0.142. The molecule has 0 aromatic rings. The zero-order valence-corrected chi connectivity index (χ0v) is 11.8. The summed E-state index contributed by atoms with van der Waals surface area (Å²) in [7, 11) is 6.04. The molecule has 0 radical (unpaired) electrons. The molecule has 0 aliphatic carbocycles. The zero-order chi connectivity index (χ0) is 12.8. The lowest BCUT2D eigenvalue weighted by Gasteiger charge is -2.33. The first kappa shape index (κ1) is 14.3. The Labute approximate surface area is 106 Å². The molecule has 0 saturated carbocycles. The Kier molecular flexibility index (Phi) is 5.75. The Hall–Kier alpha value is -0.770. The van der Waals surface area contributed by atoms with E-state index in [1.54, 1.807) is 0 Å². The van der Waals surface area contributed by atoms with Gasteiger partial charge in [0.15, 0.2) is 0 Å². The molecule has 1 heterocycles. The van der Waals surface area contributed by atoms with Crippen LogP contribution in [0.4, 0.5) is 4.79 Å². The monoisotopic (exact) mass is 241 g/mol. The van der Waals surface area contributed by atoms with Gasteiger partial charge in [-0.2, -0.15) is 0 Å². The summed E-state index contributed by atoms with van der Waals surface area (Å²) in [6.45, 7) is 6.01. The SMILES string of the molecule is CC1CCN(C(=O)N(C)CCCN(C)C)CC1. The maximum atomic E-state index is 12.1. The predicted molar refractivity (Wildman–Crippen MR) is 71.2 cm³/mol. The van der Waals surface area contributed by atoms with Crippen LogP contribution in [0.3, 0.4) is 0 Å². The zero-order valence-electron chi connectivity index (χ0n) is 11.8. The lowest BCUT2D eigenvalue weighted by Crippen LogP contribution is -2.45. The summed E-state index contributed by atoms with van der Waals surface area (Å²) >= 11 is 0. The summed E-state index contributed by atoms with van der Waals surface area (Å²) in [5.41, 5.74) is 0. The van der Waals surface area contributed by atoms with Crippen molar-refractivity contribution in [3.8, 4) is 0 Å². The molecule has 17 heavy (non-hydrogen) atoms. The van der Waals surface area contributed by atoms with Crippen LogP contribution in [0.5, 0.6) is 0 Å². The van der Waals surface area contributed by atoms with Crippen LogP contribution in [-0.4, -0.2) is 68.1 Å². The van der Waals surface area contributed by atoms with Crippen molar-refractivity contribution >= 4 is 6.03 Å². The minimum atomic E-state index is 0.204. The van der Waals surface area contributed by atoms with Crippen LogP contribution in [0.1, 0.15) is 26.2 Å². The van der Waals surface area contributed by atoms with E-state index in [9.17, 15) is 4.79 Å². The van der Waals surface area contributed by atoms with Gasteiger partial charge in [0.2, 0.25) is 0 Å². The molecule has 0 unspecified atom stereocenters. The molecule has 0 aromatic carbocycles. The van der Waals surface area contributed by atoms with Crippen molar-refractivity contribution in [1.82, 2.24) is 14.7 Å². The van der Waals surface area contributed by atoms with Gasteiger partial charge in [0.1, 0.15) is 0 Å². The first-order valence-corrected chi connectivity index (χ1v) is 6.65. The summed E-state index contributed by atoms with van der Waals surface area (Å²) < 4.78 is 0. The Morgan fingerprint density at radius 2 is 1.76 bits per heavy atom. The molecular formula is C13H27N3O. The molecule has 4 heteroatoms. The first-order valence-electron chi connectivity index (χ1n) is 6.65. The fraction of sp³-hybridized carbons (Fsp3) is 0.923. The fourth-order valence-electron chi connectivity index (χ4n) is 2.16.